The second-order valence-corrected chi connectivity index (χ2v) is 3.71. The molecule has 1 heterocycles. The van der Waals surface area contributed by atoms with E-state index in [1.165, 1.54) is 5.56 Å². The molecule has 1 aromatic rings. The van der Waals surface area contributed by atoms with Crippen LogP contribution in [-0.2, 0) is 10.4 Å². The third-order valence-electron chi connectivity index (χ3n) is 2.70. The Kier molecular flexibility index (Phi) is 2.44. The summed E-state index contributed by atoms with van der Waals surface area (Å²) >= 11 is 0. The highest BCUT2D eigenvalue weighted by atomic mass is 16.7. The van der Waals surface area contributed by atoms with E-state index in [9.17, 15) is 0 Å². The van der Waals surface area contributed by atoms with E-state index in [-0.39, 0.29) is 5.60 Å². The maximum absolute atomic E-state index is 5.51. The van der Waals surface area contributed by atoms with Crippen LogP contribution in [0, 0.1) is 0 Å². The first-order valence-corrected chi connectivity index (χ1v) is 4.80. The molecule has 1 N–H and O–H groups in total. The van der Waals surface area contributed by atoms with E-state index in [2.05, 4.69) is 12.4 Å². The third kappa shape index (κ3) is 1.61. The van der Waals surface area contributed by atoms with Gasteiger partial charge in [0.05, 0.1) is 7.11 Å². The van der Waals surface area contributed by atoms with Crippen LogP contribution in [0.4, 0.5) is 0 Å². The van der Waals surface area contributed by atoms with Crippen molar-refractivity contribution in [3.8, 4) is 5.75 Å². The second kappa shape index (κ2) is 3.59. The molecule has 3 nitrogen and oxygen atoms in total. The molecular weight excluding hydrogens is 178 g/mol. The lowest BCUT2D eigenvalue weighted by Crippen LogP contribution is -2.21. The lowest BCUT2D eigenvalue weighted by molar-refractivity contribution is -0.0441. The van der Waals surface area contributed by atoms with E-state index in [0.29, 0.717) is 0 Å². The molecule has 0 radical (unpaired) electrons. The minimum atomic E-state index is -0.188. The highest BCUT2D eigenvalue weighted by molar-refractivity contribution is 5.30. The van der Waals surface area contributed by atoms with Gasteiger partial charge in [0.15, 0.2) is 0 Å². The molecule has 76 valence electrons. The molecule has 0 aliphatic carbocycles. The van der Waals surface area contributed by atoms with Gasteiger partial charge in [0, 0.05) is 6.54 Å². The molecule has 14 heavy (non-hydrogen) atoms. The standard InChI is InChI=1S/C11H15NO2/c1-11(7-8-12-14-11)9-3-5-10(13-2)6-4-9/h3-6,12H,7-8H2,1-2H3. The molecule has 1 aliphatic rings. The van der Waals surface area contributed by atoms with Crippen LogP contribution in [0.15, 0.2) is 24.3 Å². The number of rotatable bonds is 2. The number of hydroxylamine groups is 1. The fourth-order valence-electron chi connectivity index (χ4n) is 1.70. The summed E-state index contributed by atoms with van der Waals surface area (Å²) in [6, 6.07) is 8.02. The van der Waals surface area contributed by atoms with Gasteiger partial charge in [0.1, 0.15) is 11.4 Å². The Morgan fingerprint density at radius 3 is 2.57 bits per heavy atom. The van der Waals surface area contributed by atoms with Crippen molar-refractivity contribution >= 4 is 0 Å². The van der Waals surface area contributed by atoms with Crippen LogP contribution in [0.5, 0.6) is 5.75 Å². The zero-order valence-corrected chi connectivity index (χ0v) is 8.54. The molecular formula is C11H15NO2. The van der Waals surface area contributed by atoms with Gasteiger partial charge in [0.25, 0.3) is 0 Å². The van der Waals surface area contributed by atoms with Crippen molar-refractivity contribution in [3.05, 3.63) is 29.8 Å². The van der Waals surface area contributed by atoms with Crippen LogP contribution >= 0.6 is 0 Å². The van der Waals surface area contributed by atoms with Crippen molar-refractivity contribution in [2.75, 3.05) is 13.7 Å². The van der Waals surface area contributed by atoms with E-state index in [4.69, 9.17) is 9.57 Å². The number of benzene rings is 1. The van der Waals surface area contributed by atoms with Crippen LogP contribution in [0.2, 0.25) is 0 Å². The van der Waals surface area contributed by atoms with Gasteiger partial charge in [-0.25, -0.2) is 5.48 Å². The molecule has 1 saturated heterocycles. The van der Waals surface area contributed by atoms with Gasteiger partial charge in [-0.3, -0.25) is 4.84 Å². The first-order valence-electron chi connectivity index (χ1n) is 4.80. The molecule has 0 bridgehead atoms. The van der Waals surface area contributed by atoms with E-state index in [1.54, 1.807) is 7.11 Å². The zero-order chi connectivity index (χ0) is 10.0. The second-order valence-electron chi connectivity index (χ2n) is 3.71. The van der Waals surface area contributed by atoms with Crippen LogP contribution in [0.1, 0.15) is 18.9 Å². The Morgan fingerprint density at radius 2 is 2.07 bits per heavy atom. The lowest BCUT2D eigenvalue weighted by Gasteiger charge is -2.22. The smallest absolute Gasteiger partial charge is 0.118 e. The minimum absolute atomic E-state index is 0.188. The molecule has 3 heteroatoms. The van der Waals surface area contributed by atoms with Crippen LogP contribution in [0.25, 0.3) is 0 Å². The first kappa shape index (κ1) is 9.49. The molecule has 2 rings (SSSR count). The summed E-state index contributed by atoms with van der Waals surface area (Å²) < 4.78 is 5.11. The summed E-state index contributed by atoms with van der Waals surface area (Å²) in [5.41, 5.74) is 3.90. The largest absolute Gasteiger partial charge is 0.497 e. The van der Waals surface area contributed by atoms with Crippen molar-refractivity contribution in [3.63, 3.8) is 0 Å². The van der Waals surface area contributed by atoms with Crippen LogP contribution in [0.3, 0.4) is 0 Å². The van der Waals surface area contributed by atoms with Crippen molar-refractivity contribution in [1.29, 1.82) is 0 Å². The van der Waals surface area contributed by atoms with Gasteiger partial charge in [-0.05, 0) is 31.0 Å². The van der Waals surface area contributed by atoms with E-state index < -0.39 is 0 Å². The maximum Gasteiger partial charge on any atom is 0.118 e. The third-order valence-corrected chi connectivity index (χ3v) is 2.70. The summed E-state index contributed by atoms with van der Waals surface area (Å²) in [7, 11) is 1.67. The van der Waals surface area contributed by atoms with E-state index in [0.717, 1.165) is 18.7 Å². The fraction of sp³-hybridized carbons (Fsp3) is 0.455. The number of nitrogens with one attached hydrogen (secondary N) is 1. The maximum atomic E-state index is 5.51. The SMILES string of the molecule is COc1ccc(C2(C)CCNO2)cc1. The number of methoxy groups -OCH3 is 1. The van der Waals surface area contributed by atoms with Gasteiger partial charge in [0.2, 0.25) is 0 Å². The topological polar surface area (TPSA) is 30.5 Å². The van der Waals surface area contributed by atoms with Gasteiger partial charge in [-0.15, -0.1) is 0 Å². The minimum Gasteiger partial charge on any atom is -0.497 e. The molecule has 1 unspecified atom stereocenters. The van der Waals surface area contributed by atoms with Crippen LogP contribution in [-0.4, -0.2) is 13.7 Å². The molecule has 1 aromatic carbocycles. The first-order chi connectivity index (χ1) is 6.74. The van der Waals surface area contributed by atoms with Gasteiger partial charge in [-0.1, -0.05) is 12.1 Å². The van der Waals surface area contributed by atoms with Crippen LogP contribution < -0.4 is 10.2 Å². The van der Waals surface area contributed by atoms with Crippen molar-refractivity contribution in [2.24, 2.45) is 0 Å². The van der Waals surface area contributed by atoms with Crippen molar-refractivity contribution in [2.45, 2.75) is 18.9 Å². The Bertz CT molecular complexity index is 302. The predicted molar refractivity (Wildman–Crippen MR) is 54.1 cm³/mol. The molecule has 1 atom stereocenters. The quantitative estimate of drug-likeness (QED) is 0.777. The van der Waals surface area contributed by atoms with E-state index >= 15 is 0 Å². The van der Waals surface area contributed by atoms with Gasteiger partial charge < -0.3 is 4.74 Å². The van der Waals surface area contributed by atoms with E-state index in [1.807, 2.05) is 24.3 Å². The van der Waals surface area contributed by atoms with Gasteiger partial charge >= 0.3 is 0 Å². The summed E-state index contributed by atoms with van der Waals surface area (Å²) in [6.07, 6.45) is 0.999. The number of ether oxygens (including phenoxy) is 1. The van der Waals surface area contributed by atoms with Crippen molar-refractivity contribution in [1.82, 2.24) is 5.48 Å². The Hall–Kier alpha value is -1.06. The normalized spacial score (nSPS) is 26.4. The summed E-state index contributed by atoms with van der Waals surface area (Å²) in [5, 5.41) is 0. The molecule has 1 aliphatic heterocycles. The average Bonchev–Trinajstić information content (AvgIpc) is 2.67. The monoisotopic (exact) mass is 193 g/mol. The zero-order valence-electron chi connectivity index (χ0n) is 8.54. The van der Waals surface area contributed by atoms with Gasteiger partial charge in [-0.2, -0.15) is 0 Å². The Labute approximate surface area is 84.0 Å². The highest BCUT2D eigenvalue weighted by Crippen LogP contribution is 2.31. The molecule has 0 spiro atoms. The Morgan fingerprint density at radius 1 is 1.36 bits per heavy atom. The number of hydrogen-bond acceptors (Lipinski definition) is 3. The summed E-state index contributed by atoms with van der Waals surface area (Å²) in [4.78, 5) is 5.51. The molecule has 0 aromatic heterocycles. The predicted octanol–water partition coefficient (Wildman–Crippen LogP) is 1.84. The molecule has 0 amide bonds. The molecule has 1 fully saturated rings. The highest BCUT2D eigenvalue weighted by Gasteiger charge is 2.32. The average molecular weight is 193 g/mol. The Balaban J connectivity index is 2.23. The van der Waals surface area contributed by atoms with Crippen molar-refractivity contribution < 1.29 is 9.57 Å². The summed E-state index contributed by atoms with van der Waals surface area (Å²) in [5.74, 6) is 0.878. The fourth-order valence-corrected chi connectivity index (χ4v) is 1.70. The number of hydrogen-bond donors (Lipinski definition) is 1. The summed E-state index contributed by atoms with van der Waals surface area (Å²) in [6.45, 7) is 3.00. The lowest BCUT2D eigenvalue weighted by atomic mass is 9.93. The molecule has 0 saturated carbocycles.